The topological polar surface area (TPSA) is 56.7 Å². The van der Waals surface area contributed by atoms with Gasteiger partial charge in [0.05, 0.1) is 6.54 Å². The number of hydrogen-bond donors (Lipinski definition) is 2. The summed E-state index contributed by atoms with van der Waals surface area (Å²) in [6.07, 6.45) is 3.07. The molecule has 0 aliphatic carbocycles. The van der Waals surface area contributed by atoms with Crippen LogP contribution in [-0.4, -0.2) is 38.0 Å². The summed E-state index contributed by atoms with van der Waals surface area (Å²) < 4.78 is 0. The van der Waals surface area contributed by atoms with E-state index in [2.05, 4.69) is 35.5 Å². The molecule has 0 radical (unpaired) electrons. The van der Waals surface area contributed by atoms with Crippen LogP contribution in [0.1, 0.15) is 32.3 Å². The number of nitrogens with zero attached hydrogens (tertiary/aromatic N) is 2. The van der Waals surface area contributed by atoms with Gasteiger partial charge in [-0.3, -0.25) is 9.79 Å². The molecular formula is C17H26N4O. The molecule has 1 aliphatic heterocycles. The van der Waals surface area contributed by atoms with Crippen LogP contribution in [-0.2, 0) is 11.2 Å². The van der Waals surface area contributed by atoms with E-state index in [0.717, 1.165) is 31.5 Å². The maximum absolute atomic E-state index is 12.5. The fourth-order valence-corrected chi connectivity index (χ4v) is 2.58. The number of guanidine groups is 1. The van der Waals surface area contributed by atoms with Crippen LogP contribution in [0, 0.1) is 0 Å². The van der Waals surface area contributed by atoms with Crippen LogP contribution < -0.4 is 15.5 Å². The average molecular weight is 302 g/mol. The first-order valence-electron chi connectivity index (χ1n) is 8.01. The summed E-state index contributed by atoms with van der Waals surface area (Å²) in [6, 6.07) is 8.48. The second kappa shape index (κ2) is 7.82. The Morgan fingerprint density at radius 2 is 2.18 bits per heavy atom. The maximum Gasteiger partial charge on any atom is 0.246 e. The number of fused-ring (bicyclic) bond motifs is 1. The van der Waals surface area contributed by atoms with Gasteiger partial charge in [-0.15, -0.1) is 0 Å². The molecule has 0 aromatic heterocycles. The summed E-state index contributed by atoms with van der Waals surface area (Å²) in [5.41, 5.74) is 2.30. The van der Waals surface area contributed by atoms with E-state index in [-0.39, 0.29) is 12.5 Å². The molecule has 1 atom stereocenters. The van der Waals surface area contributed by atoms with Crippen molar-refractivity contribution in [2.45, 2.75) is 39.2 Å². The molecule has 0 fully saturated rings. The zero-order valence-electron chi connectivity index (χ0n) is 13.7. The molecule has 1 aromatic carbocycles. The number of aliphatic imine (C=N–C) groups is 1. The fourth-order valence-electron chi connectivity index (χ4n) is 2.58. The first-order valence-corrected chi connectivity index (χ1v) is 8.01. The van der Waals surface area contributed by atoms with Crippen LogP contribution in [0.25, 0.3) is 0 Å². The molecule has 5 heteroatoms. The van der Waals surface area contributed by atoms with Crippen molar-refractivity contribution >= 4 is 17.6 Å². The molecule has 1 amide bonds. The SMILES string of the molecule is CCC(C)NC(=NC)NCC(=O)N1CCCc2ccccc21. The molecule has 1 aromatic rings. The summed E-state index contributed by atoms with van der Waals surface area (Å²) in [7, 11) is 1.72. The lowest BCUT2D eigenvalue weighted by atomic mass is 10.0. The molecule has 0 spiro atoms. The van der Waals surface area contributed by atoms with Gasteiger partial charge >= 0.3 is 0 Å². The number of carbonyl (C=O) groups excluding carboxylic acids is 1. The van der Waals surface area contributed by atoms with E-state index in [1.165, 1.54) is 5.56 Å². The minimum Gasteiger partial charge on any atom is -0.354 e. The smallest absolute Gasteiger partial charge is 0.246 e. The Labute approximate surface area is 132 Å². The number of anilines is 1. The molecule has 1 heterocycles. The summed E-state index contributed by atoms with van der Waals surface area (Å²) in [5.74, 6) is 0.757. The number of amides is 1. The molecular weight excluding hydrogens is 276 g/mol. The van der Waals surface area contributed by atoms with Crippen molar-refractivity contribution < 1.29 is 4.79 Å². The Bertz CT molecular complexity index is 541. The van der Waals surface area contributed by atoms with Gasteiger partial charge in [-0.05, 0) is 37.8 Å². The van der Waals surface area contributed by atoms with E-state index < -0.39 is 0 Å². The summed E-state index contributed by atoms with van der Waals surface area (Å²) in [5, 5.41) is 6.37. The maximum atomic E-state index is 12.5. The van der Waals surface area contributed by atoms with Crippen LogP contribution in [0.15, 0.2) is 29.3 Å². The van der Waals surface area contributed by atoms with E-state index in [1.807, 2.05) is 23.1 Å². The van der Waals surface area contributed by atoms with Gasteiger partial charge in [-0.2, -0.15) is 0 Å². The highest BCUT2D eigenvalue weighted by Crippen LogP contribution is 2.26. The highest BCUT2D eigenvalue weighted by atomic mass is 16.2. The largest absolute Gasteiger partial charge is 0.354 e. The van der Waals surface area contributed by atoms with Gasteiger partial charge in [-0.1, -0.05) is 25.1 Å². The Balaban J connectivity index is 1.96. The van der Waals surface area contributed by atoms with Gasteiger partial charge < -0.3 is 15.5 Å². The number of para-hydroxylation sites is 1. The van der Waals surface area contributed by atoms with Crippen molar-refractivity contribution in [3.63, 3.8) is 0 Å². The third kappa shape index (κ3) is 4.00. The normalized spacial score (nSPS) is 16.0. The predicted molar refractivity (Wildman–Crippen MR) is 91.4 cm³/mol. The zero-order chi connectivity index (χ0) is 15.9. The highest BCUT2D eigenvalue weighted by Gasteiger charge is 2.21. The number of hydrogen-bond acceptors (Lipinski definition) is 2. The molecule has 2 rings (SSSR count). The molecule has 0 saturated carbocycles. The van der Waals surface area contributed by atoms with Crippen LogP contribution in [0.5, 0.6) is 0 Å². The molecule has 1 unspecified atom stereocenters. The predicted octanol–water partition coefficient (Wildman–Crippen LogP) is 1.93. The molecule has 0 saturated heterocycles. The first kappa shape index (κ1) is 16.3. The third-order valence-corrected chi connectivity index (χ3v) is 4.04. The van der Waals surface area contributed by atoms with E-state index in [1.54, 1.807) is 7.05 Å². The molecule has 0 bridgehead atoms. The second-order valence-corrected chi connectivity index (χ2v) is 5.66. The van der Waals surface area contributed by atoms with Crippen molar-refractivity contribution in [2.24, 2.45) is 4.99 Å². The van der Waals surface area contributed by atoms with E-state index in [0.29, 0.717) is 12.0 Å². The average Bonchev–Trinajstić information content (AvgIpc) is 2.57. The van der Waals surface area contributed by atoms with Crippen LogP contribution in [0.2, 0.25) is 0 Å². The minimum atomic E-state index is 0.0826. The Kier molecular flexibility index (Phi) is 5.81. The van der Waals surface area contributed by atoms with E-state index >= 15 is 0 Å². The lowest BCUT2D eigenvalue weighted by molar-refractivity contribution is -0.117. The van der Waals surface area contributed by atoms with Crippen LogP contribution in [0.4, 0.5) is 5.69 Å². The molecule has 22 heavy (non-hydrogen) atoms. The van der Waals surface area contributed by atoms with Gasteiger partial charge in [0, 0.05) is 25.3 Å². The van der Waals surface area contributed by atoms with E-state index in [4.69, 9.17) is 0 Å². The second-order valence-electron chi connectivity index (χ2n) is 5.66. The lowest BCUT2D eigenvalue weighted by Gasteiger charge is -2.29. The molecule has 5 nitrogen and oxygen atoms in total. The summed E-state index contributed by atoms with van der Waals surface area (Å²) >= 11 is 0. The molecule has 1 aliphatic rings. The fraction of sp³-hybridized carbons (Fsp3) is 0.529. The van der Waals surface area contributed by atoms with Crippen molar-refractivity contribution in [3.05, 3.63) is 29.8 Å². The number of rotatable bonds is 4. The quantitative estimate of drug-likeness (QED) is 0.660. The standard InChI is InChI=1S/C17H26N4O/c1-4-13(2)20-17(18-3)19-12-16(22)21-11-7-9-14-8-5-6-10-15(14)21/h5-6,8,10,13H,4,7,9,11-12H2,1-3H3,(H2,18,19,20). The summed E-state index contributed by atoms with van der Waals surface area (Å²) in [4.78, 5) is 18.6. The van der Waals surface area contributed by atoms with Crippen LogP contribution >= 0.6 is 0 Å². The first-order chi connectivity index (χ1) is 10.7. The number of aryl methyl sites for hydroxylation is 1. The number of carbonyl (C=O) groups is 1. The minimum absolute atomic E-state index is 0.0826. The highest BCUT2D eigenvalue weighted by molar-refractivity contribution is 5.98. The third-order valence-electron chi connectivity index (χ3n) is 4.04. The lowest BCUT2D eigenvalue weighted by Crippen LogP contribution is -2.47. The number of nitrogens with one attached hydrogen (secondary N) is 2. The van der Waals surface area contributed by atoms with Gasteiger partial charge in [0.15, 0.2) is 5.96 Å². The Morgan fingerprint density at radius 3 is 2.91 bits per heavy atom. The zero-order valence-corrected chi connectivity index (χ0v) is 13.7. The van der Waals surface area contributed by atoms with Crippen molar-refractivity contribution in [1.82, 2.24) is 10.6 Å². The Hall–Kier alpha value is -2.04. The van der Waals surface area contributed by atoms with Crippen molar-refractivity contribution in [3.8, 4) is 0 Å². The van der Waals surface area contributed by atoms with Crippen LogP contribution in [0.3, 0.4) is 0 Å². The number of benzene rings is 1. The van der Waals surface area contributed by atoms with E-state index in [9.17, 15) is 4.79 Å². The molecule has 2 N–H and O–H groups in total. The van der Waals surface area contributed by atoms with Gasteiger partial charge in [0.25, 0.3) is 0 Å². The Morgan fingerprint density at radius 1 is 1.41 bits per heavy atom. The summed E-state index contributed by atoms with van der Waals surface area (Å²) in [6.45, 7) is 5.25. The van der Waals surface area contributed by atoms with Gasteiger partial charge in [0.2, 0.25) is 5.91 Å². The van der Waals surface area contributed by atoms with Gasteiger partial charge in [-0.25, -0.2) is 0 Å². The van der Waals surface area contributed by atoms with Gasteiger partial charge in [0.1, 0.15) is 0 Å². The van der Waals surface area contributed by atoms with Crippen molar-refractivity contribution in [2.75, 3.05) is 25.0 Å². The van der Waals surface area contributed by atoms with Crippen molar-refractivity contribution in [1.29, 1.82) is 0 Å². The monoisotopic (exact) mass is 302 g/mol. The molecule has 120 valence electrons.